The maximum absolute atomic E-state index is 11.1. The molecule has 0 saturated carbocycles. The van der Waals surface area contributed by atoms with Crippen molar-refractivity contribution in [3.8, 4) is 5.75 Å². The van der Waals surface area contributed by atoms with Gasteiger partial charge in [-0.2, -0.15) is 0 Å². The second kappa shape index (κ2) is 5.92. The zero-order valence-corrected chi connectivity index (χ0v) is 11.2. The van der Waals surface area contributed by atoms with E-state index in [4.69, 9.17) is 4.74 Å². The molecule has 2 rings (SSSR count). The normalized spacial score (nSPS) is 30.9. The van der Waals surface area contributed by atoms with E-state index in [0.717, 1.165) is 0 Å². The first-order valence-electron chi connectivity index (χ1n) is 5.92. The number of benzene rings is 1. The summed E-state index contributed by atoms with van der Waals surface area (Å²) in [6, 6.07) is 6.56. The first kappa shape index (κ1) is 14.3. The third kappa shape index (κ3) is 3.27. The van der Waals surface area contributed by atoms with Gasteiger partial charge in [-0.15, -0.1) is 11.8 Å². The molecular weight excluding hydrogens is 268 g/mol. The van der Waals surface area contributed by atoms with Crippen LogP contribution in [0, 0.1) is 0 Å². The smallest absolute Gasteiger partial charge is 0.173 e. The van der Waals surface area contributed by atoms with E-state index in [9.17, 15) is 20.1 Å². The Kier molecular flexibility index (Phi) is 4.46. The number of aliphatic hydroxyl groups excluding tert-OH is 3. The number of carbonyl (C=O) groups excluding carboxylic acids is 1. The van der Waals surface area contributed by atoms with Crippen molar-refractivity contribution >= 4 is 17.5 Å². The second-order valence-corrected chi connectivity index (χ2v) is 5.58. The number of ether oxygens (including phenoxy) is 1. The largest absolute Gasteiger partial charge is 0.477 e. The molecule has 1 saturated heterocycles. The summed E-state index contributed by atoms with van der Waals surface area (Å²) >= 11 is 1.24. The lowest BCUT2D eigenvalue weighted by Gasteiger charge is -2.34. The Morgan fingerprint density at radius 3 is 2.42 bits per heavy atom. The van der Waals surface area contributed by atoms with E-state index in [0.29, 0.717) is 17.1 Å². The van der Waals surface area contributed by atoms with Crippen LogP contribution in [0.2, 0.25) is 0 Å². The van der Waals surface area contributed by atoms with Gasteiger partial charge in [-0.25, -0.2) is 0 Å². The number of hydrogen-bond acceptors (Lipinski definition) is 6. The van der Waals surface area contributed by atoms with Crippen molar-refractivity contribution < 1.29 is 24.9 Å². The summed E-state index contributed by atoms with van der Waals surface area (Å²) in [4.78, 5) is 11.1. The Balaban J connectivity index is 2.03. The van der Waals surface area contributed by atoms with E-state index in [1.54, 1.807) is 24.3 Å². The number of aliphatic hydroxyl groups is 3. The fourth-order valence-electron chi connectivity index (χ4n) is 1.79. The average molecular weight is 284 g/mol. The molecule has 0 aromatic heterocycles. The van der Waals surface area contributed by atoms with Crippen LogP contribution in [0.3, 0.4) is 0 Å². The van der Waals surface area contributed by atoms with Crippen LogP contribution < -0.4 is 4.74 Å². The average Bonchev–Trinajstić information content (AvgIpc) is 2.40. The van der Waals surface area contributed by atoms with Gasteiger partial charge in [-0.1, -0.05) is 0 Å². The Hall–Kier alpha value is -1.08. The number of rotatable bonds is 3. The van der Waals surface area contributed by atoms with Crippen LogP contribution in [-0.4, -0.2) is 50.6 Å². The molecule has 5 nitrogen and oxygen atoms in total. The van der Waals surface area contributed by atoms with E-state index in [1.807, 2.05) is 0 Å². The summed E-state index contributed by atoms with van der Waals surface area (Å²) in [7, 11) is 0. The Labute approximate surface area is 115 Å². The van der Waals surface area contributed by atoms with E-state index in [-0.39, 0.29) is 5.78 Å². The van der Waals surface area contributed by atoms with Gasteiger partial charge in [0.25, 0.3) is 0 Å². The monoisotopic (exact) mass is 284 g/mol. The molecule has 4 atom stereocenters. The maximum Gasteiger partial charge on any atom is 0.173 e. The molecule has 1 aliphatic rings. The molecule has 19 heavy (non-hydrogen) atoms. The number of Topliss-reactive ketones (excluding diaryl/α,β-unsaturated/α-hetero) is 1. The highest BCUT2D eigenvalue weighted by Gasteiger charge is 2.38. The quantitative estimate of drug-likeness (QED) is 0.698. The van der Waals surface area contributed by atoms with Gasteiger partial charge in [0.2, 0.25) is 0 Å². The molecule has 1 aliphatic heterocycles. The molecule has 1 aromatic carbocycles. The fraction of sp³-hybridized carbons (Fsp3) is 0.462. The molecule has 0 amide bonds. The summed E-state index contributed by atoms with van der Waals surface area (Å²) in [5.74, 6) is 0.774. The molecule has 1 fully saturated rings. The molecule has 0 spiro atoms. The van der Waals surface area contributed by atoms with Crippen LogP contribution in [0.5, 0.6) is 5.75 Å². The summed E-state index contributed by atoms with van der Waals surface area (Å²) < 4.78 is 5.55. The lowest BCUT2D eigenvalue weighted by molar-refractivity contribution is -0.0786. The van der Waals surface area contributed by atoms with Crippen molar-refractivity contribution in [1.82, 2.24) is 0 Å². The van der Waals surface area contributed by atoms with Gasteiger partial charge in [-0.3, -0.25) is 4.79 Å². The standard InChI is InChI=1S/C13H16O5S/c1-7(14)8-2-4-9(5-3-8)18-13-12(17)11(16)10(15)6-19-13/h2-5,10-13,15-17H,6H2,1H3/t10-,11+,12-,13-/m1/s1. The van der Waals surface area contributed by atoms with Gasteiger partial charge in [0.05, 0.1) is 6.10 Å². The fourth-order valence-corrected chi connectivity index (χ4v) is 2.91. The number of carbonyl (C=O) groups is 1. The van der Waals surface area contributed by atoms with Gasteiger partial charge < -0.3 is 20.1 Å². The first-order valence-corrected chi connectivity index (χ1v) is 6.97. The first-order chi connectivity index (χ1) is 8.99. The lowest BCUT2D eigenvalue weighted by Crippen LogP contribution is -2.50. The number of thioether (sulfide) groups is 1. The molecule has 0 bridgehead atoms. The third-order valence-corrected chi connectivity index (χ3v) is 4.20. The topological polar surface area (TPSA) is 87.0 Å². The molecule has 0 radical (unpaired) electrons. The van der Waals surface area contributed by atoms with Crippen LogP contribution in [0.4, 0.5) is 0 Å². The van der Waals surface area contributed by atoms with Crippen molar-refractivity contribution in [3.63, 3.8) is 0 Å². The summed E-state index contributed by atoms with van der Waals surface area (Å²) in [6.07, 6.45) is -3.30. The molecule has 0 aliphatic carbocycles. The van der Waals surface area contributed by atoms with Gasteiger partial charge in [0, 0.05) is 11.3 Å². The van der Waals surface area contributed by atoms with E-state index < -0.39 is 23.7 Å². The second-order valence-electron chi connectivity index (χ2n) is 4.45. The van der Waals surface area contributed by atoms with E-state index >= 15 is 0 Å². The third-order valence-electron chi connectivity index (χ3n) is 2.97. The predicted octanol–water partition coefficient (Wildman–Crippen LogP) is 0.424. The summed E-state index contributed by atoms with van der Waals surface area (Å²) in [5.41, 5.74) is -0.0544. The summed E-state index contributed by atoms with van der Waals surface area (Å²) in [5, 5.41) is 28.8. The Morgan fingerprint density at radius 1 is 1.21 bits per heavy atom. The summed E-state index contributed by atoms with van der Waals surface area (Å²) in [6.45, 7) is 1.48. The number of ketones is 1. The minimum atomic E-state index is -1.21. The molecule has 1 heterocycles. The molecular formula is C13H16O5S. The molecule has 6 heteroatoms. The molecule has 3 N–H and O–H groups in total. The molecule has 1 aromatic rings. The highest BCUT2D eigenvalue weighted by molar-refractivity contribution is 7.99. The van der Waals surface area contributed by atoms with Gasteiger partial charge in [-0.05, 0) is 31.2 Å². The minimum absolute atomic E-state index is 0.0304. The SMILES string of the molecule is CC(=O)c1ccc(O[C@@H]2SC[C@@H](O)[C@H](O)[C@H]2O)cc1. The van der Waals surface area contributed by atoms with Crippen LogP contribution in [0.25, 0.3) is 0 Å². The Morgan fingerprint density at radius 2 is 1.84 bits per heavy atom. The minimum Gasteiger partial charge on any atom is -0.477 e. The van der Waals surface area contributed by atoms with Crippen molar-refractivity contribution in [1.29, 1.82) is 0 Å². The molecule has 104 valence electrons. The highest BCUT2D eigenvalue weighted by atomic mass is 32.2. The van der Waals surface area contributed by atoms with E-state index in [1.165, 1.54) is 18.7 Å². The maximum atomic E-state index is 11.1. The highest BCUT2D eigenvalue weighted by Crippen LogP contribution is 2.29. The zero-order chi connectivity index (χ0) is 14.0. The predicted molar refractivity (Wildman–Crippen MR) is 71.3 cm³/mol. The zero-order valence-electron chi connectivity index (χ0n) is 10.4. The van der Waals surface area contributed by atoms with E-state index in [2.05, 4.69) is 0 Å². The van der Waals surface area contributed by atoms with Crippen molar-refractivity contribution in [2.75, 3.05) is 5.75 Å². The van der Waals surface area contributed by atoms with Crippen LogP contribution >= 0.6 is 11.8 Å². The van der Waals surface area contributed by atoms with Crippen LogP contribution in [-0.2, 0) is 0 Å². The van der Waals surface area contributed by atoms with Crippen molar-refractivity contribution in [2.24, 2.45) is 0 Å². The van der Waals surface area contributed by atoms with Crippen molar-refractivity contribution in [3.05, 3.63) is 29.8 Å². The van der Waals surface area contributed by atoms with Gasteiger partial charge >= 0.3 is 0 Å². The lowest BCUT2D eigenvalue weighted by atomic mass is 10.1. The van der Waals surface area contributed by atoms with Gasteiger partial charge in [0.1, 0.15) is 18.0 Å². The Bertz CT molecular complexity index is 447. The number of hydrogen-bond donors (Lipinski definition) is 3. The van der Waals surface area contributed by atoms with Crippen LogP contribution in [0.15, 0.2) is 24.3 Å². The molecule has 0 unspecified atom stereocenters. The van der Waals surface area contributed by atoms with Gasteiger partial charge in [0.15, 0.2) is 11.2 Å². The van der Waals surface area contributed by atoms with Crippen molar-refractivity contribution in [2.45, 2.75) is 30.7 Å². The van der Waals surface area contributed by atoms with Crippen LogP contribution in [0.1, 0.15) is 17.3 Å².